The van der Waals surface area contributed by atoms with E-state index in [1.807, 2.05) is 4.68 Å². The third-order valence-corrected chi connectivity index (χ3v) is 2.74. The van der Waals surface area contributed by atoms with Crippen molar-refractivity contribution in [3.8, 4) is 0 Å². The minimum atomic E-state index is 0.810. The second-order valence-corrected chi connectivity index (χ2v) is 3.87. The molecule has 0 spiro atoms. The molecule has 0 saturated carbocycles. The molecule has 0 atom stereocenters. The van der Waals surface area contributed by atoms with Crippen LogP contribution < -0.4 is 0 Å². The molecule has 14 heavy (non-hydrogen) atoms. The lowest BCUT2D eigenvalue weighted by molar-refractivity contribution is 0.584. The highest BCUT2D eigenvalue weighted by Gasteiger charge is 2.06. The molecule has 0 N–H and O–H groups in total. The Morgan fingerprint density at radius 2 is 2.29 bits per heavy atom. The predicted molar refractivity (Wildman–Crippen MR) is 57.9 cm³/mol. The maximum Gasteiger partial charge on any atom is 0.162 e. The van der Waals surface area contributed by atoms with Crippen LogP contribution in [0.5, 0.6) is 0 Å². The summed E-state index contributed by atoms with van der Waals surface area (Å²) in [6.07, 6.45) is 5.64. The Bertz CT molecular complexity index is 437. The van der Waals surface area contributed by atoms with Gasteiger partial charge in [-0.05, 0) is 22.4 Å². The van der Waals surface area contributed by atoms with Crippen molar-refractivity contribution < 1.29 is 0 Å². The summed E-state index contributed by atoms with van der Waals surface area (Å²) in [6, 6.07) is 0. The van der Waals surface area contributed by atoms with E-state index in [1.54, 1.807) is 12.5 Å². The van der Waals surface area contributed by atoms with E-state index in [2.05, 4.69) is 37.9 Å². The van der Waals surface area contributed by atoms with Gasteiger partial charge in [0.25, 0.3) is 0 Å². The first-order valence-corrected chi connectivity index (χ1v) is 5.44. The summed E-state index contributed by atoms with van der Waals surface area (Å²) in [7, 11) is 0. The van der Waals surface area contributed by atoms with Gasteiger partial charge in [0, 0.05) is 6.54 Å². The van der Waals surface area contributed by atoms with Crippen LogP contribution in [-0.2, 0) is 6.54 Å². The molecule has 0 aliphatic heterocycles. The molecule has 2 aromatic heterocycles. The number of unbranched alkanes of at least 4 members (excludes halogenated alkanes) is 1. The Hall–Kier alpha value is -0.970. The number of rotatable bonds is 3. The van der Waals surface area contributed by atoms with Gasteiger partial charge < -0.3 is 0 Å². The molecule has 5 heteroatoms. The third-order valence-electron chi connectivity index (χ3n) is 2.11. The molecule has 2 aromatic rings. The Morgan fingerprint density at radius 1 is 1.43 bits per heavy atom. The highest BCUT2D eigenvalue weighted by atomic mass is 79.9. The molecule has 74 valence electrons. The van der Waals surface area contributed by atoms with E-state index in [-0.39, 0.29) is 0 Å². The van der Waals surface area contributed by atoms with Crippen molar-refractivity contribution >= 4 is 27.0 Å². The monoisotopic (exact) mass is 254 g/mol. The largest absolute Gasteiger partial charge is 0.247 e. The highest BCUT2D eigenvalue weighted by molar-refractivity contribution is 9.10. The molecule has 0 bridgehead atoms. The van der Waals surface area contributed by atoms with Crippen LogP contribution in [-0.4, -0.2) is 19.7 Å². The first-order valence-electron chi connectivity index (χ1n) is 4.65. The topological polar surface area (TPSA) is 43.6 Å². The van der Waals surface area contributed by atoms with E-state index in [1.165, 1.54) is 0 Å². The van der Waals surface area contributed by atoms with Gasteiger partial charge in [0.2, 0.25) is 0 Å². The minimum Gasteiger partial charge on any atom is -0.247 e. The molecule has 0 fully saturated rings. The van der Waals surface area contributed by atoms with Gasteiger partial charge in [-0.2, -0.15) is 5.10 Å². The lowest BCUT2D eigenvalue weighted by atomic mass is 10.3. The van der Waals surface area contributed by atoms with Crippen LogP contribution in [0, 0.1) is 0 Å². The van der Waals surface area contributed by atoms with Crippen LogP contribution in [0.15, 0.2) is 17.1 Å². The number of halogens is 1. The summed E-state index contributed by atoms with van der Waals surface area (Å²) in [6.45, 7) is 3.08. The quantitative estimate of drug-likeness (QED) is 0.791. The number of hydrogen-bond acceptors (Lipinski definition) is 3. The normalized spacial score (nSPS) is 11.0. The number of nitrogens with zero attached hydrogens (tertiary/aromatic N) is 4. The fourth-order valence-electron chi connectivity index (χ4n) is 1.34. The molecule has 2 rings (SSSR count). The van der Waals surface area contributed by atoms with Gasteiger partial charge in [-0.15, -0.1) is 0 Å². The first kappa shape index (κ1) is 9.58. The van der Waals surface area contributed by atoms with Gasteiger partial charge in [0.15, 0.2) is 5.65 Å². The summed E-state index contributed by atoms with van der Waals surface area (Å²) in [5.74, 6) is 0. The van der Waals surface area contributed by atoms with Gasteiger partial charge in [-0.1, -0.05) is 13.3 Å². The molecular weight excluding hydrogens is 244 g/mol. The molecular formula is C9H11BrN4. The zero-order valence-electron chi connectivity index (χ0n) is 7.94. The molecule has 0 unspecified atom stereocenters. The predicted octanol–water partition coefficient (Wildman–Crippen LogP) is 2.39. The number of aryl methyl sites for hydroxylation is 1. The van der Waals surface area contributed by atoms with Crippen LogP contribution >= 0.6 is 15.9 Å². The smallest absolute Gasteiger partial charge is 0.162 e. The van der Waals surface area contributed by atoms with Gasteiger partial charge in [0.1, 0.15) is 10.9 Å². The van der Waals surface area contributed by atoms with E-state index in [0.29, 0.717) is 0 Å². The number of aromatic nitrogens is 4. The molecule has 0 aliphatic rings. The Balaban J connectivity index is 2.42. The molecule has 0 aromatic carbocycles. The van der Waals surface area contributed by atoms with Gasteiger partial charge in [-0.3, -0.25) is 0 Å². The van der Waals surface area contributed by atoms with E-state index < -0.39 is 0 Å². The Labute approximate surface area is 90.5 Å². The van der Waals surface area contributed by atoms with Crippen LogP contribution in [0.1, 0.15) is 19.8 Å². The van der Waals surface area contributed by atoms with Crippen LogP contribution in [0.3, 0.4) is 0 Å². The third kappa shape index (κ3) is 1.64. The van der Waals surface area contributed by atoms with Gasteiger partial charge in [0.05, 0.1) is 11.6 Å². The summed E-state index contributed by atoms with van der Waals surface area (Å²) in [5, 5.41) is 5.25. The summed E-state index contributed by atoms with van der Waals surface area (Å²) in [5.41, 5.74) is 0.903. The molecule has 4 nitrogen and oxygen atoms in total. The molecule has 2 heterocycles. The molecule has 0 aliphatic carbocycles. The van der Waals surface area contributed by atoms with Gasteiger partial charge in [-0.25, -0.2) is 14.6 Å². The SMILES string of the molecule is CCCCn1ncc2c(Br)ncnc21. The summed E-state index contributed by atoms with van der Waals surface area (Å²) >= 11 is 3.37. The number of hydrogen-bond donors (Lipinski definition) is 0. The van der Waals surface area contributed by atoms with Crippen molar-refractivity contribution in [2.45, 2.75) is 26.3 Å². The maximum atomic E-state index is 4.28. The van der Waals surface area contributed by atoms with E-state index in [0.717, 1.165) is 35.0 Å². The van der Waals surface area contributed by atoms with Crippen molar-refractivity contribution in [2.24, 2.45) is 0 Å². The van der Waals surface area contributed by atoms with Crippen molar-refractivity contribution in [3.63, 3.8) is 0 Å². The zero-order chi connectivity index (χ0) is 9.97. The fourth-order valence-corrected chi connectivity index (χ4v) is 1.71. The van der Waals surface area contributed by atoms with E-state index in [4.69, 9.17) is 0 Å². The average molecular weight is 255 g/mol. The van der Waals surface area contributed by atoms with E-state index in [9.17, 15) is 0 Å². The van der Waals surface area contributed by atoms with Crippen LogP contribution in [0.2, 0.25) is 0 Å². The van der Waals surface area contributed by atoms with Crippen molar-refractivity contribution in [1.82, 2.24) is 19.7 Å². The second kappa shape index (κ2) is 4.04. The second-order valence-electron chi connectivity index (χ2n) is 3.12. The summed E-state index contributed by atoms with van der Waals surface area (Å²) in [4.78, 5) is 8.27. The zero-order valence-corrected chi connectivity index (χ0v) is 9.53. The minimum absolute atomic E-state index is 0.810. The van der Waals surface area contributed by atoms with Crippen LogP contribution in [0.4, 0.5) is 0 Å². The standard InChI is InChI=1S/C9H11BrN4/c1-2-3-4-14-9-7(5-13-14)8(10)11-6-12-9/h5-6H,2-4H2,1H3. The maximum absolute atomic E-state index is 4.28. The lowest BCUT2D eigenvalue weighted by Gasteiger charge is -2.00. The Morgan fingerprint density at radius 3 is 3.07 bits per heavy atom. The number of fused-ring (bicyclic) bond motifs is 1. The molecule has 0 radical (unpaired) electrons. The van der Waals surface area contributed by atoms with Crippen molar-refractivity contribution in [1.29, 1.82) is 0 Å². The first-order chi connectivity index (χ1) is 6.83. The highest BCUT2D eigenvalue weighted by Crippen LogP contribution is 2.18. The van der Waals surface area contributed by atoms with Gasteiger partial charge >= 0.3 is 0 Å². The molecule has 0 saturated heterocycles. The lowest BCUT2D eigenvalue weighted by Crippen LogP contribution is -2.00. The average Bonchev–Trinajstić information content (AvgIpc) is 2.60. The van der Waals surface area contributed by atoms with Crippen molar-refractivity contribution in [3.05, 3.63) is 17.1 Å². The summed E-state index contributed by atoms with van der Waals surface area (Å²) < 4.78 is 2.73. The van der Waals surface area contributed by atoms with Crippen LogP contribution in [0.25, 0.3) is 11.0 Å². The van der Waals surface area contributed by atoms with E-state index >= 15 is 0 Å². The molecule has 0 amide bonds. The van der Waals surface area contributed by atoms with Crippen molar-refractivity contribution in [2.75, 3.05) is 0 Å². The fraction of sp³-hybridized carbons (Fsp3) is 0.444. The Kier molecular flexibility index (Phi) is 2.77.